The number of halogens is 2. The SMILES string of the molecule is C[SiH](C)[Ti]([CH3])(=[O])(=[SiH2])([CH2]CO)[c]1cccc2c1Cc1ccccc1-2.Cl.Cl. The molecule has 7 heteroatoms. The van der Waals surface area contributed by atoms with E-state index in [1.54, 1.807) is 7.63 Å². The van der Waals surface area contributed by atoms with Gasteiger partial charge in [0.2, 0.25) is 0 Å². The number of benzene rings is 2. The summed E-state index contributed by atoms with van der Waals surface area (Å²) in [5.41, 5.74) is 5.09. The fraction of sp³-hybridized carbons (Fsp3) is 0.333. The third kappa shape index (κ3) is 3.31. The number of fused-ring (bicyclic) bond motifs is 3. The van der Waals surface area contributed by atoms with Crippen molar-refractivity contribution in [2.75, 3.05) is 6.61 Å². The minimum absolute atomic E-state index is 0. The second kappa shape index (κ2) is 6.83. The predicted molar refractivity (Wildman–Crippen MR) is 115 cm³/mol. The van der Waals surface area contributed by atoms with Crippen LogP contribution in [-0.4, -0.2) is 26.0 Å². The van der Waals surface area contributed by atoms with Crippen LogP contribution in [-0.2, 0) is 21.7 Å². The molecule has 0 amide bonds. The van der Waals surface area contributed by atoms with Crippen LogP contribution in [0.2, 0.25) is 23.0 Å². The Hall–Kier alpha value is -0.0719. The first-order valence-electron chi connectivity index (χ1n) is 8.45. The summed E-state index contributed by atoms with van der Waals surface area (Å²) < 4.78 is 16.3. The zero-order valence-corrected chi connectivity index (χ0v) is 20.9. The van der Waals surface area contributed by atoms with Crippen molar-refractivity contribution >= 4 is 43.0 Å². The van der Waals surface area contributed by atoms with E-state index in [9.17, 15) is 8.43 Å². The van der Waals surface area contributed by atoms with Crippen molar-refractivity contribution in [3.05, 3.63) is 53.6 Å². The summed E-state index contributed by atoms with van der Waals surface area (Å²) in [7, 11) is 1.76. The van der Waals surface area contributed by atoms with Crippen LogP contribution in [0.4, 0.5) is 0 Å². The van der Waals surface area contributed by atoms with Gasteiger partial charge in [0.15, 0.2) is 0 Å². The van der Waals surface area contributed by atoms with Crippen molar-refractivity contribution in [2.45, 2.75) is 29.5 Å². The molecule has 1 aliphatic carbocycles. The molecule has 0 saturated heterocycles. The zero-order chi connectivity index (χ0) is 16.9. The van der Waals surface area contributed by atoms with Crippen LogP contribution in [0.25, 0.3) is 11.1 Å². The molecule has 138 valence electrons. The fourth-order valence-corrected chi connectivity index (χ4v) is 19.0. The molecule has 1 N–H and O–H groups in total. The molecule has 2 nitrogen and oxygen atoms in total. The van der Waals surface area contributed by atoms with Gasteiger partial charge in [-0.3, -0.25) is 0 Å². The minimum Gasteiger partial charge on any atom is -0.147 e. The molecule has 0 saturated carbocycles. The third-order valence-corrected chi connectivity index (χ3v) is 50.4. The molecule has 0 unspecified atom stereocenters. The molecule has 0 aromatic heterocycles. The Morgan fingerprint density at radius 3 is 2.28 bits per heavy atom. The molecule has 0 heterocycles. The average Bonchev–Trinajstić information content (AvgIpc) is 2.85. The molecule has 2 aromatic carbocycles. The Labute approximate surface area is 163 Å². The Bertz CT molecular complexity index is 976. The van der Waals surface area contributed by atoms with Crippen molar-refractivity contribution in [1.82, 2.24) is 0 Å². The van der Waals surface area contributed by atoms with Gasteiger partial charge in [-0.05, 0) is 0 Å². The van der Waals surface area contributed by atoms with Crippen LogP contribution in [0.1, 0.15) is 11.1 Å². The van der Waals surface area contributed by atoms with Gasteiger partial charge in [0.25, 0.3) is 0 Å². The van der Waals surface area contributed by atoms with Crippen molar-refractivity contribution in [2.24, 2.45) is 0 Å². The Morgan fingerprint density at radius 2 is 1.68 bits per heavy atom. The van der Waals surface area contributed by atoms with E-state index in [2.05, 4.69) is 55.6 Å². The number of aliphatic hydroxyl groups excluding tert-OH is 1. The molecule has 0 spiro atoms. The summed E-state index contributed by atoms with van der Waals surface area (Å²) in [6, 6.07) is 14.8. The Balaban J connectivity index is 0.00000156. The van der Waals surface area contributed by atoms with E-state index in [-0.39, 0.29) is 31.4 Å². The van der Waals surface area contributed by atoms with Crippen LogP contribution in [0.15, 0.2) is 42.5 Å². The number of aliphatic hydroxyl groups is 1. The number of hydrogen-bond donors (Lipinski definition) is 1. The molecule has 2 aromatic rings. The van der Waals surface area contributed by atoms with Crippen LogP contribution >= 0.6 is 24.8 Å². The molecular formula is C18H28Cl2O2Si2Ti. The van der Waals surface area contributed by atoms with Crippen LogP contribution in [0, 0.1) is 0 Å². The van der Waals surface area contributed by atoms with Gasteiger partial charge < -0.3 is 0 Å². The van der Waals surface area contributed by atoms with E-state index in [0.717, 1.165) is 10.3 Å². The van der Waals surface area contributed by atoms with Gasteiger partial charge in [-0.25, -0.2) is 0 Å². The largest absolute Gasteiger partial charge is 0.147 e. The van der Waals surface area contributed by atoms with Gasteiger partial charge in [-0.2, -0.15) is 0 Å². The van der Waals surface area contributed by atoms with Crippen LogP contribution < -0.4 is 3.87 Å². The van der Waals surface area contributed by atoms with E-state index in [1.807, 2.05) is 5.23 Å². The van der Waals surface area contributed by atoms with Gasteiger partial charge >= 0.3 is 139 Å². The predicted octanol–water partition coefficient (Wildman–Crippen LogP) is 3.29. The normalized spacial score (nSPS) is 13.8. The van der Waals surface area contributed by atoms with E-state index >= 15 is 0 Å². The summed E-state index contributed by atoms with van der Waals surface area (Å²) in [5, 5.41) is 11.8. The quantitative estimate of drug-likeness (QED) is 0.619. The summed E-state index contributed by atoms with van der Waals surface area (Å²) in [6.45, 7) is 2.88. The second-order valence-corrected chi connectivity index (χ2v) is 48.1. The minimum atomic E-state index is -4.66. The molecule has 0 aliphatic heterocycles. The van der Waals surface area contributed by atoms with Gasteiger partial charge in [-0.1, -0.05) is 0 Å². The maximum atomic E-state index is 14.8. The summed E-state index contributed by atoms with van der Waals surface area (Å²) >= 11 is -4.66. The third-order valence-electron chi connectivity index (χ3n) is 6.59. The molecule has 3 rings (SSSR count). The van der Waals surface area contributed by atoms with Gasteiger partial charge in [-0.15, -0.1) is 24.8 Å². The van der Waals surface area contributed by atoms with Crippen molar-refractivity contribution in [3.8, 4) is 11.1 Å². The van der Waals surface area contributed by atoms with Crippen molar-refractivity contribution < 1.29 is 20.4 Å². The standard InChI is InChI=1S/C13H9.C2H5O.C2H7Si.CH3.2ClH.O.H2Si.Ti/c1-3-7-12-10(5-1)9-11-6-2-4-8-13(11)12;1-2-3;1-3-2;;;;;;/h1-5,7-8H,9H2;3H,1-2H2;3H,1-2H3;1H3;2*1H;;1H2;. The monoisotopic (exact) mass is 450 g/mol. The summed E-state index contributed by atoms with van der Waals surface area (Å²) in [4.78, 5) is 0. The molecule has 0 radical (unpaired) electrons. The summed E-state index contributed by atoms with van der Waals surface area (Å²) in [6.07, 6.45) is 0.867. The van der Waals surface area contributed by atoms with E-state index in [0.29, 0.717) is 4.73 Å². The fourth-order valence-electron chi connectivity index (χ4n) is 4.04. The first kappa shape index (κ1) is 23.0. The maximum Gasteiger partial charge on any atom is -0.147 e. The van der Waals surface area contributed by atoms with Crippen LogP contribution in [0.3, 0.4) is 0 Å². The maximum absolute atomic E-state index is 14.8. The van der Waals surface area contributed by atoms with Gasteiger partial charge in [0.05, 0.1) is 0 Å². The molecule has 25 heavy (non-hydrogen) atoms. The molecule has 1 aliphatic rings. The molecule has 0 atom stereocenters. The van der Waals surface area contributed by atoms with Crippen LogP contribution in [0.5, 0.6) is 0 Å². The molecule has 0 fully saturated rings. The number of rotatable bonds is 4. The van der Waals surface area contributed by atoms with Crippen molar-refractivity contribution in [3.63, 3.8) is 0 Å². The Morgan fingerprint density at radius 1 is 1.08 bits per heavy atom. The molecular weight excluding hydrogens is 423 g/mol. The van der Waals surface area contributed by atoms with Gasteiger partial charge in [0, 0.05) is 0 Å². The van der Waals surface area contributed by atoms with E-state index in [1.165, 1.54) is 22.3 Å². The van der Waals surface area contributed by atoms with Crippen molar-refractivity contribution in [1.29, 1.82) is 0 Å². The Kier molecular flexibility index (Phi) is 6.27. The summed E-state index contributed by atoms with van der Waals surface area (Å²) in [5.74, 6) is 0. The smallest absolute Gasteiger partial charge is 0.147 e. The average molecular weight is 451 g/mol. The first-order valence-corrected chi connectivity index (χ1v) is 22.1. The number of hydrogen-bond acceptors (Lipinski definition) is 2. The van der Waals surface area contributed by atoms with E-state index < -0.39 is 18.6 Å². The first-order chi connectivity index (χ1) is 10.6. The zero-order valence-electron chi connectivity index (χ0n) is 15.1. The topological polar surface area (TPSA) is 37.3 Å². The molecule has 0 bridgehead atoms. The van der Waals surface area contributed by atoms with Gasteiger partial charge in [0.1, 0.15) is 0 Å². The van der Waals surface area contributed by atoms with E-state index in [4.69, 9.17) is 0 Å². The second-order valence-electron chi connectivity index (χ2n) is 8.41.